The molecule has 0 atom stereocenters. The molecule has 0 radical (unpaired) electrons. The minimum atomic E-state index is -0.827. The van der Waals surface area contributed by atoms with E-state index in [-0.39, 0.29) is 6.42 Å². The van der Waals surface area contributed by atoms with Gasteiger partial charge in [-0.1, -0.05) is 0 Å². The zero-order valence-electron chi connectivity index (χ0n) is 10.6. The molecule has 1 heterocycles. The number of ether oxygens (including phenoxy) is 1. The second-order valence-corrected chi connectivity index (χ2v) is 4.24. The first kappa shape index (κ1) is 13.0. The number of aromatic nitrogens is 1. The van der Waals surface area contributed by atoms with E-state index in [1.165, 1.54) is 0 Å². The Hall–Kier alpha value is -2.43. The summed E-state index contributed by atoms with van der Waals surface area (Å²) in [6.07, 6.45) is 0.498. The van der Waals surface area contributed by atoms with E-state index >= 15 is 0 Å². The van der Waals surface area contributed by atoms with Crippen LogP contribution in [0, 0.1) is 0 Å². The first-order valence-corrected chi connectivity index (χ1v) is 5.93. The lowest BCUT2D eigenvalue weighted by Gasteiger charge is -2.01. The highest BCUT2D eigenvalue weighted by Gasteiger charge is 2.09. The van der Waals surface area contributed by atoms with Crippen LogP contribution >= 0.6 is 0 Å². The average molecular weight is 260 g/mol. The number of aliphatic carboxylic acids is 1. The molecule has 0 saturated carbocycles. The summed E-state index contributed by atoms with van der Waals surface area (Å²) in [5.74, 6) is 0.480. The lowest BCUT2D eigenvalue weighted by Crippen LogP contribution is -1.98. The van der Waals surface area contributed by atoms with Crippen molar-refractivity contribution in [2.75, 3.05) is 12.8 Å². The van der Waals surface area contributed by atoms with Crippen molar-refractivity contribution < 1.29 is 14.6 Å². The molecule has 0 aliphatic rings. The highest BCUT2D eigenvalue weighted by molar-refractivity contribution is 5.69. The second-order valence-electron chi connectivity index (χ2n) is 4.24. The van der Waals surface area contributed by atoms with Gasteiger partial charge in [0.15, 0.2) is 0 Å². The van der Waals surface area contributed by atoms with Crippen LogP contribution in [0.4, 0.5) is 5.82 Å². The van der Waals surface area contributed by atoms with Crippen LogP contribution in [0.3, 0.4) is 0 Å². The molecule has 0 saturated heterocycles. The van der Waals surface area contributed by atoms with Crippen LogP contribution in [0.2, 0.25) is 0 Å². The SMILES string of the molecule is COc1ccc(-c2cc(CCC(=O)O)c(N)[nH]2)cc1. The number of aromatic amines is 1. The topological polar surface area (TPSA) is 88.3 Å². The number of H-pyrrole nitrogens is 1. The van der Waals surface area contributed by atoms with Gasteiger partial charge in [-0.05, 0) is 47.9 Å². The zero-order chi connectivity index (χ0) is 13.8. The number of nitrogen functional groups attached to an aromatic ring is 1. The van der Waals surface area contributed by atoms with Gasteiger partial charge in [0.25, 0.3) is 0 Å². The van der Waals surface area contributed by atoms with E-state index in [1.807, 2.05) is 30.3 Å². The Balaban J connectivity index is 2.20. The van der Waals surface area contributed by atoms with Crippen LogP contribution in [0.5, 0.6) is 5.75 Å². The molecule has 1 aromatic heterocycles. The number of anilines is 1. The van der Waals surface area contributed by atoms with Gasteiger partial charge in [0.1, 0.15) is 11.6 Å². The van der Waals surface area contributed by atoms with Gasteiger partial charge in [-0.3, -0.25) is 4.79 Å². The first-order valence-electron chi connectivity index (χ1n) is 5.93. The van der Waals surface area contributed by atoms with Gasteiger partial charge in [-0.25, -0.2) is 0 Å². The highest BCUT2D eigenvalue weighted by Crippen LogP contribution is 2.25. The molecule has 0 spiro atoms. The minimum absolute atomic E-state index is 0.0735. The number of carboxylic acids is 1. The van der Waals surface area contributed by atoms with Crippen LogP contribution < -0.4 is 10.5 Å². The molecule has 100 valence electrons. The molecular weight excluding hydrogens is 244 g/mol. The Bertz CT molecular complexity index is 573. The summed E-state index contributed by atoms with van der Waals surface area (Å²) in [4.78, 5) is 13.6. The smallest absolute Gasteiger partial charge is 0.303 e. The van der Waals surface area contributed by atoms with Gasteiger partial charge in [-0.15, -0.1) is 0 Å². The van der Waals surface area contributed by atoms with E-state index in [1.54, 1.807) is 7.11 Å². The lowest BCUT2D eigenvalue weighted by molar-refractivity contribution is -0.136. The fourth-order valence-corrected chi connectivity index (χ4v) is 1.89. The van der Waals surface area contributed by atoms with Crippen molar-refractivity contribution in [3.05, 3.63) is 35.9 Å². The minimum Gasteiger partial charge on any atom is -0.497 e. The molecule has 0 bridgehead atoms. The predicted molar refractivity (Wildman–Crippen MR) is 73.1 cm³/mol. The standard InChI is InChI=1S/C14H16N2O3/c1-19-11-5-2-9(3-6-11)12-8-10(14(15)16-12)4-7-13(17)18/h2-3,5-6,8,16H,4,7,15H2,1H3,(H,17,18). The number of rotatable bonds is 5. The quantitative estimate of drug-likeness (QED) is 0.769. The number of hydrogen-bond acceptors (Lipinski definition) is 3. The summed E-state index contributed by atoms with van der Waals surface area (Å²) in [7, 11) is 1.62. The Morgan fingerprint density at radius 3 is 2.63 bits per heavy atom. The van der Waals surface area contributed by atoms with Gasteiger partial charge in [0.05, 0.1) is 7.11 Å². The average Bonchev–Trinajstić information content (AvgIpc) is 2.78. The third-order valence-electron chi connectivity index (χ3n) is 2.94. The maximum absolute atomic E-state index is 10.6. The molecule has 5 heteroatoms. The molecule has 2 rings (SSSR count). The van der Waals surface area contributed by atoms with Gasteiger partial charge in [0, 0.05) is 12.1 Å². The fourth-order valence-electron chi connectivity index (χ4n) is 1.89. The monoisotopic (exact) mass is 260 g/mol. The molecule has 0 aliphatic carbocycles. The number of aryl methyl sites for hydroxylation is 1. The molecule has 2 aromatic rings. The largest absolute Gasteiger partial charge is 0.497 e. The normalized spacial score (nSPS) is 10.4. The maximum atomic E-state index is 10.6. The van der Waals surface area contributed by atoms with Crippen LogP contribution in [-0.2, 0) is 11.2 Å². The number of carbonyl (C=O) groups is 1. The van der Waals surface area contributed by atoms with Crippen LogP contribution in [0.15, 0.2) is 30.3 Å². The van der Waals surface area contributed by atoms with Crippen molar-refractivity contribution in [3.63, 3.8) is 0 Å². The van der Waals surface area contributed by atoms with E-state index in [0.29, 0.717) is 12.2 Å². The summed E-state index contributed by atoms with van der Waals surface area (Å²) in [6.45, 7) is 0. The summed E-state index contributed by atoms with van der Waals surface area (Å²) in [5.41, 5.74) is 8.53. The zero-order valence-corrected chi connectivity index (χ0v) is 10.6. The lowest BCUT2D eigenvalue weighted by atomic mass is 10.1. The molecule has 1 aromatic carbocycles. The van der Waals surface area contributed by atoms with Crippen molar-refractivity contribution in [1.29, 1.82) is 0 Å². The second kappa shape index (κ2) is 5.48. The Morgan fingerprint density at radius 1 is 1.37 bits per heavy atom. The van der Waals surface area contributed by atoms with E-state index in [4.69, 9.17) is 15.6 Å². The molecule has 19 heavy (non-hydrogen) atoms. The number of nitrogens with two attached hydrogens (primary N) is 1. The Labute approximate surface area is 111 Å². The van der Waals surface area contributed by atoms with E-state index in [2.05, 4.69) is 4.98 Å². The number of benzene rings is 1. The fraction of sp³-hybridized carbons (Fsp3) is 0.214. The number of methoxy groups -OCH3 is 1. The molecule has 0 fully saturated rings. The van der Waals surface area contributed by atoms with E-state index < -0.39 is 5.97 Å². The Kier molecular flexibility index (Phi) is 3.75. The first-order chi connectivity index (χ1) is 9.10. The number of hydrogen-bond donors (Lipinski definition) is 3. The van der Waals surface area contributed by atoms with E-state index in [9.17, 15) is 4.79 Å². The van der Waals surface area contributed by atoms with Gasteiger partial charge < -0.3 is 20.6 Å². The van der Waals surface area contributed by atoms with Crippen molar-refractivity contribution in [1.82, 2.24) is 4.98 Å². The van der Waals surface area contributed by atoms with Crippen LogP contribution in [0.25, 0.3) is 11.3 Å². The number of carboxylic acid groups (broad SMARTS) is 1. The van der Waals surface area contributed by atoms with Gasteiger partial charge in [0.2, 0.25) is 0 Å². The van der Waals surface area contributed by atoms with Crippen molar-refractivity contribution in [3.8, 4) is 17.0 Å². The van der Waals surface area contributed by atoms with Crippen LogP contribution in [0.1, 0.15) is 12.0 Å². The van der Waals surface area contributed by atoms with Crippen molar-refractivity contribution in [2.24, 2.45) is 0 Å². The molecule has 0 aliphatic heterocycles. The summed E-state index contributed by atoms with van der Waals surface area (Å²) < 4.78 is 5.10. The van der Waals surface area contributed by atoms with Crippen molar-refractivity contribution in [2.45, 2.75) is 12.8 Å². The molecule has 0 amide bonds. The summed E-state index contributed by atoms with van der Waals surface area (Å²) >= 11 is 0. The molecule has 0 unspecified atom stereocenters. The summed E-state index contributed by atoms with van der Waals surface area (Å²) in [6, 6.07) is 9.46. The molecular formula is C14H16N2O3. The molecule has 4 N–H and O–H groups in total. The maximum Gasteiger partial charge on any atom is 0.303 e. The summed E-state index contributed by atoms with van der Waals surface area (Å²) in [5, 5.41) is 8.68. The van der Waals surface area contributed by atoms with Gasteiger partial charge >= 0.3 is 5.97 Å². The molecule has 5 nitrogen and oxygen atoms in total. The van der Waals surface area contributed by atoms with Gasteiger partial charge in [-0.2, -0.15) is 0 Å². The predicted octanol–water partition coefficient (Wildman–Crippen LogP) is 2.29. The third kappa shape index (κ3) is 3.07. The third-order valence-corrected chi connectivity index (χ3v) is 2.94. The Morgan fingerprint density at radius 2 is 2.05 bits per heavy atom. The number of nitrogens with one attached hydrogen (secondary N) is 1. The highest BCUT2D eigenvalue weighted by atomic mass is 16.5. The van der Waals surface area contributed by atoms with E-state index in [0.717, 1.165) is 22.6 Å². The van der Waals surface area contributed by atoms with Crippen LogP contribution in [-0.4, -0.2) is 23.2 Å². The van der Waals surface area contributed by atoms with Crippen molar-refractivity contribution >= 4 is 11.8 Å².